The number of aryl methyl sites for hydroxylation is 1. The summed E-state index contributed by atoms with van der Waals surface area (Å²) in [6.45, 7) is 4.01. The molecule has 2 N–H and O–H groups in total. The van der Waals surface area contributed by atoms with Crippen LogP contribution in [0.3, 0.4) is 0 Å². The van der Waals surface area contributed by atoms with Gasteiger partial charge in [0, 0.05) is 56.5 Å². The molecule has 1 aliphatic heterocycles. The molecule has 0 radical (unpaired) electrons. The van der Waals surface area contributed by atoms with E-state index in [1.54, 1.807) is 61.8 Å². The van der Waals surface area contributed by atoms with Crippen molar-refractivity contribution in [2.45, 2.75) is 25.6 Å². The number of hydrogen-bond acceptors (Lipinski definition) is 12. The number of aromatic amines is 1. The number of hydrogen-bond donors (Lipinski definition) is 2. The highest BCUT2D eigenvalue weighted by Crippen LogP contribution is 2.44. The van der Waals surface area contributed by atoms with Crippen LogP contribution in [-0.2, 0) is 17.8 Å². The third-order valence-corrected chi connectivity index (χ3v) is 11.3. The SMILES string of the molecule is COc1ccccc1-c1nccc(COc2ccc(OC[C@@H](CN3CCN(C)CC3)Oc3c(Cl)cc(-c4c(-c5ccc(F)cc5)oc5nc[nH]c(=O)c45)cc3Cl)cc2CCC(=O)O)n1. The van der Waals surface area contributed by atoms with E-state index in [2.05, 4.69) is 36.8 Å². The molecule has 4 heterocycles. The smallest absolute Gasteiger partial charge is 0.303 e. The number of furan rings is 1. The Bertz CT molecular complexity index is 2810. The Balaban J connectivity index is 1.04. The summed E-state index contributed by atoms with van der Waals surface area (Å²) in [5.41, 5.74) is 2.99. The van der Waals surface area contributed by atoms with Gasteiger partial charge in [0.2, 0.25) is 5.71 Å². The molecule has 3 aromatic heterocycles. The van der Waals surface area contributed by atoms with Crippen LogP contribution in [0, 0.1) is 5.82 Å². The number of likely N-dealkylation sites (N-methyl/N-ethyl adjacent to an activating group) is 1. The number of para-hydroxylation sites is 1. The molecule has 4 aromatic carbocycles. The summed E-state index contributed by atoms with van der Waals surface area (Å²) in [6.07, 6.45) is 2.38. The van der Waals surface area contributed by atoms with Gasteiger partial charge < -0.3 is 38.4 Å². The maximum atomic E-state index is 13.9. The molecule has 7 aromatic rings. The lowest BCUT2D eigenvalue weighted by Crippen LogP contribution is -2.49. The fraction of sp³-hybridized carbons (Fsp3) is 0.255. The predicted molar refractivity (Wildman–Crippen MR) is 240 cm³/mol. The van der Waals surface area contributed by atoms with E-state index in [-0.39, 0.29) is 58.7 Å². The Labute approximate surface area is 377 Å². The summed E-state index contributed by atoms with van der Waals surface area (Å²) < 4.78 is 44.7. The first kappa shape index (κ1) is 44.1. The Kier molecular flexibility index (Phi) is 13.7. The van der Waals surface area contributed by atoms with Crippen LogP contribution in [0.15, 0.2) is 107 Å². The Morgan fingerprint density at radius 3 is 2.45 bits per heavy atom. The number of fused-ring (bicyclic) bond motifs is 1. The lowest BCUT2D eigenvalue weighted by molar-refractivity contribution is -0.136. The molecule has 0 spiro atoms. The molecule has 1 fully saturated rings. The lowest BCUT2D eigenvalue weighted by Gasteiger charge is -2.34. The number of aromatic nitrogens is 4. The van der Waals surface area contributed by atoms with Gasteiger partial charge >= 0.3 is 5.97 Å². The lowest BCUT2D eigenvalue weighted by atomic mass is 9.99. The quantitative estimate of drug-likeness (QED) is 0.0895. The summed E-state index contributed by atoms with van der Waals surface area (Å²) in [6, 6.07) is 23.4. The molecule has 14 nitrogen and oxygen atoms in total. The van der Waals surface area contributed by atoms with E-state index in [0.717, 1.165) is 31.7 Å². The van der Waals surface area contributed by atoms with Gasteiger partial charge in [-0.3, -0.25) is 14.5 Å². The Hall–Kier alpha value is -6.52. The van der Waals surface area contributed by atoms with E-state index in [4.69, 9.17) is 46.6 Å². The van der Waals surface area contributed by atoms with Crippen LogP contribution in [0.5, 0.6) is 23.0 Å². The van der Waals surface area contributed by atoms with Crippen molar-refractivity contribution in [3.8, 4) is 56.8 Å². The number of carboxylic acid groups (broad SMARTS) is 1. The van der Waals surface area contributed by atoms with Crippen LogP contribution < -0.4 is 24.5 Å². The first-order chi connectivity index (χ1) is 31.0. The van der Waals surface area contributed by atoms with Crippen molar-refractivity contribution in [1.82, 2.24) is 29.7 Å². The van der Waals surface area contributed by atoms with Gasteiger partial charge in [-0.05, 0) is 97.4 Å². The van der Waals surface area contributed by atoms with Gasteiger partial charge in [0.15, 0.2) is 11.6 Å². The van der Waals surface area contributed by atoms with Crippen LogP contribution >= 0.6 is 23.2 Å². The van der Waals surface area contributed by atoms with E-state index < -0.39 is 23.4 Å². The van der Waals surface area contributed by atoms with Gasteiger partial charge in [-0.1, -0.05) is 35.3 Å². The molecule has 1 saturated heterocycles. The predicted octanol–water partition coefficient (Wildman–Crippen LogP) is 8.43. The number of nitrogens with zero attached hydrogens (tertiary/aromatic N) is 5. The summed E-state index contributed by atoms with van der Waals surface area (Å²) in [4.78, 5) is 45.3. The van der Waals surface area contributed by atoms with Gasteiger partial charge in [0.25, 0.3) is 5.56 Å². The van der Waals surface area contributed by atoms with E-state index in [0.29, 0.717) is 57.6 Å². The second-order valence-corrected chi connectivity index (χ2v) is 16.0. The molecule has 1 aliphatic rings. The topological polar surface area (TPSA) is 165 Å². The number of H-pyrrole nitrogens is 1. The van der Waals surface area contributed by atoms with E-state index >= 15 is 0 Å². The van der Waals surface area contributed by atoms with Crippen molar-refractivity contribution >= 4 is 40.3 Å². The number of carbonyl (C=O) groups is 1. The largest absolute Gasteiger partial charge is 0.496 e. The first-order valence-electron chi connectivity index (χ1n) is 20.4. The minimum absolute atomic E-state index is 0.0775. The van der Waals surface area contributed by atoms with Crippen molar-refractivity contribution in [2.75, 3.05) is 53.5 Å². The summed E-state index contributed by atoms with van der Waals surface area (Å²) in [5, 5.41) is 10.1. The van der Waals surface area contributed by atoms with Crippen LogP contribution in [0.25, 0.3) is 44.9 Å². The molecule has 330 valence electrons. The molecule has 8 rings (SSSR count). The average molecular weight is 910 g/mol. The molecule has 1 atom stereocenters. The Morgan fingerprint density at radius 2 is 1.70 bits per heavy atom. The standard InChI is InChI=1S/C47H43Cl2FN6O8/c1-55-17-19-56(20-18-55)24-34(63-44-36(48)22-30(23-37(44)49)41-42-46(59)52-27-53-47(42)64-43(41)28-7-10-31(50)11-8-28)26-61-33-12-13-38(29(21-33)9-14-40(57)58)62-25-32-15-16-51-45(54-32)35-5-3-4-6-39(35)60-2/h3-8,10-13,15-16,21-23,27,34H,9,14,17-20,24-26H2,1-2H3,(H,57,58)(H,52,53,59)/t34-/m1/s1. The van der Waals surface area contributed by atoms with E-state index in [1.807, 2.05) is 24.3 Å². The zero-order valence-electron chi connectivity index (χ0n) is 34.9. The zero-order valence-corrected chi connectivity index (χ0v) is 36.4. The summed E-state index contributed by atoms with van der Waals surface area (Å²) >= 11 is 14.0. The van der Waals surface area contributed by atoms with Crippen LogP contribution in [0.2, 0.25) is 10.0 Å². The molecule has 64 heavy (non-hydrogen) atoms. The number of carboxylic acids is 1. The van der Waals surface area contributed by atoms with Gasteiger partial charge in [0.1, 0.15) is 53.5 Å². The molecule has 0 amide bonds. The normalized spacial score (nSPS) is 13.8. The number of benzene rings is 4. The molecular formula is C47H43Cl2FN6O8. The molecule has 0 aliphatic carbocycles. The van der Waals surface area contributed by atoms with Crippen LogP contribution in [0.4, 0.5) is 4.39 Å². The maximum absolute atomic E-state index is 13.9. The Morgan fingerprint density at radius 1 is 0.938 bits per heavy atom. The third kappa shape index (κ3) is 10.3. The van der Waals surface area contributed by atoms with E-state index in [9.17, 15) is 19.1 Å². The number of piperazine rings is 1. The van der Waals surface area contributed by atoms with Gasteiger partial charge in [0.05, 0.1) is 34.7 Å². The fourth-order valence-corrected chi connectivity index (χ4v) is 8.02. The zero-order chi connectivity index (χ0) is 44.7. The molecule has 0 bridgehead atoms. The number of ether oxygens (including phenoxy) is 4. The number of aliphatic carboxylic acids is 1. The van der Waals surface area contributed by atoms with Gasteiger partial charge in [-0.2, -0.15) is 0 Å². The number of halogens is 3. The minimum Gasteiger partial charge on any atom is -0.496 e. The third-order valence-electron chi connectivity index (χ3n) is 10.7. The second-order valence-electron chi connectivity index (χ2n) is 15.2. The van der Waals surface area contributed by atoms with Gasteiger partial charge in [-0.25, -0.2) is 19.3 Å². The summed E-state index contributed by atoms with van der Waals surface area (Å²) in [7, 11) is 3.66. The van der Waals surface area contributed by atoms with Gasteiger partial charge in [-0.15, -0.1) is 0 Å². The van der Waals surface area contributed by atoms with Crippen molar-refractivity contribution in [3.05, 3.63) is 135 Å². The highest BCUT2D eigenvalue weighted by Gasteiger charge is 2.26. The van der Waals surface area contributed by atoms with E-state index in [1.165, 1.54) is 18.5 Å². The fourth-order valence-electron chi connectivity index (χ4n) is 7.45. The van der Waals surface area contributed by atoms with Crippen molar-refractivity contribution < 1.29 is 37.7 Å². The monoisotopic (exact) mass is 908 g/mol. The molecule has 0 unspecified atom stereocenters. The van der Waals surface area contributed by atoms with Crippen LogP contribution in [0.1, 0.15) is 17.7 Å². The number of nitrogens with one attached hydrogen (secondary N) is 1. The first-order valence-corrected chi connectivity index (χ1v) is 21.2. The molecule has 0 saturated carbocycles. The van der Waals surface area contributed by atoms with Crippen LogP contribution in [-0.4, -0.2) is 100 Å². The summed E-state index contributed by atoms with van der Waals surface area (Å²) in [5.74, 6) is 1.20. The molecular weight excluding hydrogens is 866 g/mol. The number of rotatable bonds is 17. The van der Waals surface area contributed by atoms with Crippen molar-refractivity contribution in [2.24, 2.45) is 0 Å². The van der Waals surface area contributed by atoms with Crippen molar-refractivity contribution in [3.63, 3.8) is 0 Å². The highest BCUT2D eigenvalue weighted by atomic mass is 35.5. The van der Waals surface area contributed by atoms with Crippen molar-refractivity contribution in [1.29, 1.82) is 0 Å². The highest BCUT2D eigenvalue weighted by molar-refractivity contribution is 6.37. The molecule has 17 heteroatoms. The minimum atomic E-state index is -0.953. The maximum Gasteiger partial charge on any atom is 0.303 e. The average Bonchev–Trinajstić information content (AvgIpc) is 3.70. The number of methoxy groups -OCH3 is 1. The second kappa shape index (κ2) is 19.9.